The lowest BCUT2D eigenvalue weighted by molar-refractivity contribution is 0.600. The lowest BCUT2D eigenvalue weighted by atomic mass is 10.2. The van der Waals surface area contributed by atoms with Crippen molar-refractivity contribution in [3.05, 3.63) is 81.8 Å². The molecule has 0 aromatic heterocycles. The lowest BCUT2D eigenvalue weighted by Gasteiger charge is -2.12. The quantitative estimate of drug-likeness (QED) is 0.482. The summed E-state index contributed by atoms with van der Waals surface area (Å²) in [6, 6.07) is 16.5. The van der Waals surface area contributed by atoms with E-state index in [1.807, 2.05) is 0 Å². The third-order valence-electron chi connectivity index (χ3n) is 4.05. The van der Waals surface area contributed by atoms with Crippen LogP contribution in [0.4, 0.5) is 11.4 Å². The van der Waals surface area contributed by atoms with Gasteiger partial charge in [-0.15, -0.1) is 0 Å². The zero-order valence-corrected chi connectivity index (χ0v) is 19.0. The molecule has 10 heteroatoms. The van der Waals surface area contributed by atoms with Crippen molar-refractivity contribution >= 4 is 59.0 Å². The van der Waals surface area contributed by atoms with E-state index in [0.717, 1.165) is 4.47 Å². The number of rotatable bonds is 6. The number of halogens is 2. The first-order valence-corrected chi connectivity index (χ1v) is 12.4. The SMILES string of the molecule is Cc1c(Cl)cccc1NS(=O)(=O)c1ccc(NS(=O)(=O)c2ccc(Br)cc2)cc1. The minimum atomic E-state index is -3.86. The second-order valence-corrected chi connectivity index (χ2v) is 10.8. The Kier molecular flexibility index (Phi) is 6.23. The summed E-state index contributed by atoms with van der Waals surface area (Å²) in [5, 5.41) is 0.447. The first kappa shape index (κ1) is 21.6. The number of hydrogen-bond donors (Lipinski definition) is 2. The molecule has 0 heterocycles. The Morgan fingerprint density at radius 1 is 0.759 bits per heavy atom. The average Bonchev–Trinajstić information content (AvgIpc) is 2.66. The highest BCUT2D eigenvalue weighted by Gasteiger charge is 2.18. The van der Waals surface area contributed by atoms with Crippen LogP contribution in [0.15, 0.2) is 81.0 Å². The fourth-order valence-corrected chi connectivity index (χ4v) is 5.07. The van der Waals surface area contributed by atoms with Crippen molar-refractivity contribution in [1.82, 2.24) is 0 Å². The zero-order chi connectivity index (χ0) is 21.2. The Balaban J connectivity index is 1.80. The molecule has 29 heavy (non-hydrogen) atoms. The molecule has 0 fully saturated rings. The second kappa shape index (κ2) is 8.35. The van der Waals surface area contributed by atoms with Gasteiger partial charge in [-0.05, 0) is 73.2 Å². The van der Waals surface area contributed by atoms with E-state index < -0.39 is 20.0 Å². The molecule has 3 rings (SSSR count). The molecule has 0 saturated carbocycles. The van der Waals surface area contributed by atoms with Crippen molar-refractivity contribution in [2.75, 3.05) is 9.44 Å². The Morgan fingerprint density at radius 3 is 1.86 bits per heavy atom. The molecule has 152 valence electrons. The number of anilines is 2. The van der Waals surface area contributed by atoms with E-state index >= 15 is 0 Å². The molecule has 0 bridgehead atoms. The molecule has 0 aliphatic heterocycles. The van der Waals surface area contributed by atoms with Gasteiger partial charge in [-0.1, -0.05) is 33.6 Å². The summed E-state index contributed by atoms with van der Waals surface area (Å²) in [5.74, 6) is 0. The highest BCUT2D eigenvalue weighted by molar-refractivity contribution is 9.10. The summed E-state index contributed by atoms with van der Waals surface area (Å²) in [5.41, 5.74) is 1.22. The fourth-order valence-electron chi connectivity index (χ4n) is 2.45. The van der Waals surface area contributed by atoms with Gasteiger partial charge in [-0.25, -0.2) is 16.8 Å². The number of sulfonamides is 2. The normalized spacial score (nSPS) is 11.8. The molecule has 0 radical (unpaired) electrons. The molecule has 0 spiro atoms. The minimum absolute atomic E-state index is 0.0107. The first-order chi connectivity index (χ1) is 13.6. The van der Waals surface area contributed by atoms with Gasteiger partial charge in [0.05, 0.1) is 15.5 Å². The molecule has 3 aromatic rings. The molecule has 0 unspecified atom stereocenters. The fraction of sp³-hybridized carbons (Fsp3) is 0.0526. The molecule has 2 N–H and O–H groups in total. The molecule has 0 atom stereocenters. The van der Waals surface area contributed by atoms with E-state index in [1.165, 1.54) is 36.4 Å². The summed E-state index contributed by atoms with van der Waals surface area (Å²) in [7, 11) is -7.65. The van der Waals surface area contributed by atoms with E-state index in [9.17, 15) is 16.8 Å². The molecule has 0 saturated heterocycles. The standard InChI is InChI=1S/C19H16BrClN2O4S2/c1-13-18(21)3-2-4-19(13)23-29(26,27)17-11-7-15(8-12-17)22-28(24,25)16-9-5-14(20)6-10-16/h2-12,22-23H,1H3. The van der Waals surface area contributed by atoms with Gasteiger partial charge in [-0.3, -0.25) is 9.44 Å². The smallest absolute Gasteiger partial charge is 0.261 e. The molecular formula is C19H16BrClN2O4S2. The third kappa shape index (κ3) is 5.11. The van der Waals surface area contributed by atoms with Gasteiger partial charge in [0, 0.05) is 15.2 Å². The Morgan fingerprint density at radius 2 is 1.28 bits per heavy atom. The van der Waals surface area contributed by atoms with Gasteiger partial charge in [0.15, 0.2) is 0 Å². The molecule has 6 nitrogen and oxygen atoms in total. The summed E-state index contributed by atoms with van der Waals surface area (Å²) in [6.07, 6.45) is 0. The van der Waals surface area contributed by atoms with Crippen molar-refractivity contribution in [2.24, 2.45) is 0 Å². The van der Waals surface area contributed by atoms with Crippen LogP contribution in [0.5, 0.6) is 0 Å². The predicted octanol–water partition coefficient (Wildman–Crippen LogP) is 5.01. The van der Waals surface area contributed by atoms with E-state index in [-0.39, 0.29) is 15.5 Å². The maximum Gasteiger partial charge on any atom is 0.261 e. The second-order valence-electron chi connectivity index (χ2n) is 6.10. The molecule has 0 amide bonds. The van der Waals surface area contributed by atoms with Crippen LogP contribution in [0.2, 0.25) is 5.02 Å². The van der Waals surface area contributed by atoms with E-state index in [2.05, 4.69) is 25.4 Å². The highest BCUT2D eigenvalue weighted by atomic mass is 79.9. The minimum Gasteiger partial charge on any atom is -0.280 e. The summed E-state index contributed by atoms with van der Waals surface area (Å²) in [4.78, 5) is 0.0824. The highest BCUT2D eigenvalue weighted by Crippen LogP contribution is 2.26. The van der Waals surface area contributed by atoms with Crippen LogP contribution in [0.25, 0.3) is 0 Å². The summed E-state index contributed by atoms with van der Waals surface area (Å²) < 4.78 is 55.8. The molecule has 0 aliphatic rings. The van der Waals surface area contributed by atoms with Crippen molar-refractivity contribution in [3.8, 4) is 0 Å². The summed E-state index contributed by atoms with van der Waals surface area (Å²) in [6.45, 7) is 1.71. The van der Waals surface area contributed by atoms with E-state index in [0.29, 0.717) is 16.3 Å². The maximum atomic E-state index is 12.6. The van der Waals surface area contributed by atoms with Crippen LogP contribution in [0.1, 0.15) is 5.56 Å². The zero-order valence-electron chi connectivity index (χ0n) is 15.1. The van der Waals surface area contributed by atoms with Crippen LogP contribution in [0, 0.1) is 6.92 Å². The van der Waals surface area contributed by atoms with Crippen molar-refractivity contribution in [3.63, 3.8) is 0 Å². The van der Waals surface area contributed by atoms with Crippen LogP contribution in [-0.2, 0) is 20.0 Å². The molecular weight excluding hydrogens is 500 g/mol. The predicted molar refractivity (Wildman–Crippen MR) is 118 cm³/mol. The van der Waals surface area contributed by atoms with Crippen molar-refractivity contribution in [1.29, 1.82) is 0 Å². The van der Waals surface area contributed by atoms with Gasteiger partial charge >= 0.3 is 0 Å². The topological polar surface area (TPSA) is 92.3 Å². The van der Waals surface area contributed by atoms with Gasteiger partial charge in [0.2, 0.25) is 0 Å². The van der Waals surface area contributed by atoms with Crippen molar-refractivity contribution < 1.29 is 16.8 Å². The van der Waals surface area contributed by atoms with Gasteiger partial charge < -0.3 is 0 Å². The average molecular weight is 516 g/mol. The number of hydrogen-bond acceptors (Lipinski definition) is 4. The molecule has 0 aliphatic carbocycles. The Labute approximate surface area is 183 Å². The van der Waals surface area contributed by atoms with Gasteiger partial charge in [-0.2, -0.15) is 0 Å². The monoisotopic (exact) mass is 514 g/mol. The first-order valence-electron chi connectivity index (χ1n) is 8.25. The lowest BCUT2D eigenvalue weighted by Crippen LogP contribution is -2.15. The molecule has 3 aromatic carbocycles. The third-order valence-corrected chi connectivity index (χ3v) is 7.77. The van der Waals surface area contributed by atoms with Gasteiger partial charge in [0.1, 0.15) is 0 Å². The largest absolute Gasteiger partial charge is 0.280 e. The van der Waals surface area contributed by atoms with Crippen LogP contribution in [-0.4, -0.2) is 16.8 Å². The van der Waals surface area contributed by atoms with Crippen molar-refractivity contribution in [2.45, 2.75) is 16.7 Å². The Bertz CT molecular complexity index is 1240. The Hall–Kier alpha value is -2.07. The van der Waals surface area contributed by atoms with Crippen LogP contribution >= 0.6 is 27.5 Å². The van der Waals surface area contributed by atoms with Crippen LogP contribution in [0.3, 0.4) is 0 Å². The van der Waals surface area contributed by atoms with Crippen LogP contribution < -0.4 is 9.44 Å². The van der Waals surface area contributed by atoms with E-state index in [4.69, 9.17) is 11.6 Å². The van der Waals surface area contributed by atoms with E-state index in [1.54, 1.807) is 37.3 Å². The number of benzene rings is 3. The maximum absolute atomic E-state index is 12.6. The number of nitrogens with one attached hydrogen (secondary N) is 2. The summed E-state index contributed by atoms with van der Waals surface area (Å²) >= 11 is 9.28. The van der Waals surface area contributed by atoms with Gasteiger partial charge in [0.25, 0.3) is 20.0 Å².